The van der Waals surface area contributed by atoms with Gasteiger partial charge in [0.1, 0.15) is 11.9 Å². The van der Waals surface area contributed by atoms with Gasteiger partial charge in [-0.3, -0.25) is 29.3 Å². The Hall–Kier alpha value is -3.50. The van der Waals surface area contributed by atoms with Gasteiger partial charge in [0.15, 0.2) is 0 Å². The second-order valence-corrected chi connectivity index (χ2v) is 7.83. The van der Waals surface area contributed by atoms with Gasteiger partial charge in [-0.05, 0) is 18.6 Å². The number of amides is 4. The molecule has 0 aliphatic carbocycles. The molecule has 11 heteroatoms. The van der Waals surface area contributed by atoms with Crippen LogP contribution in [0.4, 0.5) is 5.82 Å². The molecule has 0 aromatic carbocycles. The summed E-state index contributed by atoms with van der Waals surface area (Å²) in [4.78, 5) is 68.8. The third-order valence-electron chi connectivity index (χ3n) is 5.87. The Balaban J connectivity index is 1.39. The Morgan fingerprint density at radius 3 is 2.52 bits per heavy atom. The molecule has 3 aliphatic rings. The minimum atomic E-state index is -0.991. The fourth-order valence-electron chi connectivity index (χ4n) is 4.16. The average molecular weight is 429 g/mol. The maximum Gasteiger partial charge on any atom is 0.303 e. The SMILES string of the molecule is O=C(O)CCC(=O)N1CCN(c2ccc3c(n2)CN(C2CCC(=O)NC2=O)C3=O)CC1. The van der Waals surface area contributed by atoms with Crippen LogP contribution in [0, 0.1) is 0 Å². The molecular formula is C20H23N5O6. The molecule has 2 fully saturated rings. The lowest BCUT2D eigenvalue weighted by atomic mass is 10.0. The standard InChI is InChI=1S/C20H23N5O6/c26-16-4-2-14(19(30)22-16)25-11-13-12(20(25)31)1-3-15(21-13)23-7-9-24(10-8-23)17(27)5-6-18(28)29/h1,3,14H,2,4-11H2,(H,28,29)(H,22,26,30). The number of imide groups is 1. The molecule has 1 unspecified atom stereocenters. The van der Waals surface area contributed by atoms with Gasteiger partial charge in [-0.2, -0.15) is 0 Å². The van der Waals surface area contributed by atoms with E-state index in [0.29, 0.717) is 49.7 Å². The van der Waals surface area contributed by atoms with Crippen molar-refractivity contribution in [2.75, 3.05) is 31.1 Å². The van der Waals surface area contributed by atoms with E-state index < -0.39 is 17.9 Å². The summed E-state index contributed by atoms with van der Waals surface area (Å²) in [6.07, 6.45) is 0.313. The molecule has 0 radical (unpaired) electrons. The predicted molar refractivity (Wildman–Crippen MR) is 106 cm³/mol. The van der Waals surface area contributed by atoms with Crippen molar-refractivity contribution in [2.45, 2.75) is 38.3 Å². The monoisotopic (exact) mass is 429 g/mol. The van der Waals surface area contributed by atoms with Crippen LogP contribution in [0.5, 0.6) is 0 Å². The van der Waals surface area contributed by atoms with Crippen LogP contribution in [0.1, 0.15) is 41.7 Å². The molecular weight excluding hydrogens is 406 g/mol. The van der Waals surface area contributed by atoms with Crippen molar-refractivity contribution in [3.05, 3.63) is 23.4 Å². The first-order valence-corrected chi connectivity index (χ1v) is 10.2. The summed E-state index contributed by atoms with van der Waals surface area (Å²) in [6, 6.07) is 2.78. The first-order chi connectivity index (χ1) is 14.8. The van der Waals surface area contributed by atoms with Gasteiger partial charge in [-0.25, -0.2) is 4.98 Å². The van der Waals surface area contributed by atoms with Crippen LogP contribution in [0.15, 0.2) is 12.1 Å². The van der Waals surface area contributed by atoms with Crippen molar-refractivity contribution in [1.82, 2.24) is 20.1 Å². The molecule has 1 aromatic heterocycles. The van der Waals surface area contributed by atoms with Crippen molar-refractivity contribution < 1.29 is 29.1 Å². The topological polar surface area (TPSA) is 140 Å². The molecule has 4 heterocycles. The number of fused-ring (bicyclic) bond motifs is 1. The van der Waals surface area contributed by atoms with Gasteiger partial charge in [0.25, 0.3) is 5.91 Å². The average Bonchev–Trinajstić information content (AvgIpc) is 3.07. The number of carbonyl (C=O) groups is 5. The Labute approximate surface area is 178 Å². The van der Waals surface area contributed by atoms with E-state index in [-0.39, 0.29) is 43.5 Å². The Bertz CT molecular complexity index is 955. The number of carboxylic acid groups (broad SMARTS) is 1. The molecule has 0 bridgehead atoms. The highest BCUT2D eigenvalue weighted by Gasteiger charge is 2.40. The molecule has 0 spiro atoms. The van der Waals surface area contributed by atoms with Gasteiger partial charge in [0.2, 0.25) is 17.7 Å². The number of carboxylic acids is 1. The van der Waals surface area contributed by atoms with E-state index in [9.17, 15) is 24.0 Å². The number of aliphatic carboxylic acids is 1. The molecule has 11 nitrogen and oxygen atoms in total. The second kappa shape index (κ2) is 8.32. The number of hydrogen-bond donors (Lipinski definition) is 2. The number of aromatic nitrogens is 1. The lowest BCUT2D eigenvalue weighted by Gasteiger charge is -2.35. The predicted octanol–water partition coefficient (Wildman–Crippen LogP) is -0.644. The van der Waals surface area contributed by atoms with Gasteiger partial charge in [-0.1, -0.05) is 0 Å². The molecule has 2 N–H and O–H groups in total. The van der Waals surface area contributed by atoms with E-state index in [1.807, 2.05) is 4.90 Å². The summed E-state index contributed by atoms with van der Waals surface area (Å²) in [5.74, 6) is -1.52. The molecule has 2 saturated heterocycles. The lowest BCUT2D eigenvalue weighted by molar-refractivity contribution is -0.141. The molecule has 1 atom stereocenters. The molecule has 4 rings (SSSR count). The van der Waals surface area contributed by atoms with Gasteiger partial charge in [-0.15, -0.1) is 0 Å². The number of carbonyl (C=O) groups excluding carboxylic acids is 4. The second-order valence-electron chi connectivity index (χ2n) is 7.83. The summed E-state index contributed by atoms with van der Waals surface area (Å²) in [5.41, 5.74) is 1.04. The number of rotatable bonds is 5. The van der Waals surface area contributed by atoms with Crippen molar-refractivity contribution in [3.63, 3.8) is 0 Å². The summed E-state index contributed by atoms with van der Waals surface area (Å²) in [7, 11) is 0. The largest absolute Gasteiger partial charge is 0.481 e. The normalized spacial score (nSPS) is 21.2. The highest BCUT2D eigenvalue weighted by molar-refractivity contribution is 6.05. The van der Waals surface area contributed by atoms with E-state index in [0.717, 1.165) is 0 Å². The highest BCUT2D eigenvalue weighted by Crippen LogP contribution is 2.28. The van der Waals surface area contributed by atoms with E-state index in [1.54, 1.807) is 17.0 Å². The minimum Gasteiger partial charge on any atom is -0.481 e. The fraction of sp³-hybridized carbons (Fsp3) is 0.500. The Kier molecular flexibility index (Phi) is 5.57. The first-order valence-electron chi connectivity index (χ1n) is 10.2. The summed E-state index contributed by atoms with van der Waals surface area (Å²) in [5, 5.41) is 11.0. The van der Waals surface area contributed by atoms with Gasteiger partial charge in [0, 0.05) is 39.0 Å². The molecule has 3 aliphatic heterocycles. The zero-order valence-electron chi connectivity index (χ0n) is 16.9. The van der Waals surface area contributed by atoms with Crippen LogP contribution in [0.3, 0.4) is 0 Å². The Morgan fingerprint density at radius 1 is 1.10 bits per heavy atom. The fourth-order valence-corrected chi connectivity index (χ4v) is 4.16. The maximum atomic E-state index is 12.8. The third-order valence-corrected chi connectivity index (χ3v) is 5.87. The van der Waals surface area contributed by atoms with Crippen molar-refractivity contribution >= 4 is 35.4 Å². The van der Waals surface area contributed by atoms with E-state index >= 15 is 0 Å². The van der Waals surface area contributed by atoms with Gasteiger partial charge >= 0.3 is 5.97 Å². The van der Waals surface area contributed by atoms with Crippen molar-refractivity contribution in [2.24, 2.45) is 0 Å². The smallest absolute Gasteiger partial charge is 0.303 e. The number of piperidine rings is 1. The van der Waals surface area contributed by atoms with Crippen LogP contribution in [0.25, 0.3) is 0 Å². The summed E-state index contributed by atoms with van der Waals surface area (Å²) < 4.78 is 0. The third kappa shape index (κ3) is 4.21. The Morgan fingerprint density at radius 2 is 1.84 bits per heavy atom. The van der Waals surface area contributed by atoms with E-state index in [4.69, 9.17) is 5.11 Å². The van der Waals surface area contributed by atoms with E-state index in [2.05, 4.69) is 10.3 Å². The number of nitrogens with one attached hydrogen (secondary N) is 1. The van der Waals surface area contributed by atoms with Gasteiger partial charge in [0.05, 0.1) is 24.2 Å². The number of pyridine rings is 1. The minimum absolute atomic E-state index is 0.00921. The van der Waals surface area contributed by atoms with Crippen LogP contribution in [-0.4, -0.2) is 81.7 Å². The highest BCUT2D eigenvalue weighted by atomic mass is 16.4. The number of nitrogens with zero attached hydrogens (tertiary/aromatic N) is 4. The summed E-state index contributed by atoms with van der Waals surface area (Å²) in [6.45, 7) is 2.25. The van der Waals surface area contributed by atoms with Crippen LogP contribution < -0.4 is 10.2 Å². The molecule has 0 saturated carbocycles. The zero-order valence-corrected chi connectivity index (χ0v) is 16.9. The summed E-state index contributed by atoms with van der Waals surface area (Å²) >= 11 is 0. The molecule has 1 aromatic rings. The lowest BCUT2D eigenvalue weighted by Crippen LogP contribution is -2.52. The van der Waals surface area contributed by atoms with E-state index in [1.165, 1.54) is 4.90 Å². The number of anilines is 1. The van der Waals surface area contributed by atoms with Crippen LogP contribution in [0.2, 0.25) is 0 Å². The number of piperazine rings is 1. The maximum absolute atomic E-state index is 12.8. The van der Waals surface area contributed by atoms with Crippen LogP contribution >= 0.6 is 0 Å². The van der Waals surface area contributed by atoms with Crippen LogP contribution in [-0.2, 0) is 25.7 Å². The molecule has 164 valence electrons. The molecule has 4 amide bonds. The van der Waals surface area contributed by atoms with Crippen molar-refractivity contribution in [1.29, 1.82) is 0 Å². The molecule has 31 heavy (non-hydrogen) atoms. The number of hydrogen-bond acceptors (Lipinski definition) is 7. The zero-order chi connectivity index (χ0) is 22.1. The van der Waals surface area contributed by atoms with Gasteiger partial charge < -0.3 is 19.8 Å². The first kappa shape index (κ1) is 20.8. The quantitative estimate of drug-likeness (QED) is 0.589. The van der Waals surface area contributed by atoms with Crippen molar-refractivity contribution in [3.8, 4) is 0 Å².